The molecule has 2 heterocycles. The number of hydrogen-bond acceptors (Lipinski definition) is 7. The molecule has 0 spiro atoms. The van der Waals surface area contributed by atoms with E-state index in [9.17, 15) is 9.59 Å². The first-order valence-corrected chi connectivity index (χ1v) is 11.7. The summed E-state index contributed by atoms with van der Waals surface area (Å²) < 4.78 is 10.9. The maximum atomic E-state index is 12.9. The molecule has 1 aromatic carbocycles. The predicted molar refractivity (Wildman–Crippen MR) is 125 cm³/mol. The molecule has 174 valence electrons. The average molecular weight is 461 g/mol. The maximum absolute atomic E-state index is 12.9. The van der Waals surface area contributed by atoms with E-state index in [1.54, 1.807) is 31.4 Å². The molecule has 0 bridgehead atoms. The van der Waals surface area contributed by atoms with E-state index in [1.807, 2.05) is 19.2 Å². The van der Waals surface area contributed by atoms with Crippen LogP contribution in [0, 0.1) is 5.92 Å². The standard InChI is InChI=1S/C23H32N4O4S/c1-14(2)20(25-21(28)17-6-8-19(30-5)9-7-17)22(29)26-23-24-18(13-32-23)12-27-10-15(3)31-16(4)11-27/h6-9,13-16,20H,10-12H2,1-5H3,(H,25,28)(H,24,26,29)/t15-,16+,20-/m0/s1. The summed E-state index contributed by atoms with van der Waals surface area (Å²) in [6.07, 6.45) is 0.385. The largest absolute Gasteiger partial charge is 0.497 e. The zero-order chi connectivity index (χ0) is 23.3. The van der Waals surface area contributed by atoms with Crippen molar-refractivity contribution in [1.29, 1.82) is 0 Å². The summed E-state index contributed by atoms with van der Waals surface area (Å²) in [6.45, 7) is 10.4. The number of ether oxygens (including phenoxy) is 2. The Labute approximate surface area is 193 Å². The van der Waals surface area contributed by atoms with Crippen LogP contribution in [-0.4, -0.2) is 60.1 Å². The van der Waals surface area contributed by atoms with Crippen molar-refractivity contribution in [3.63, 3.8) is 0 Å². The van der Waals surface area contributed by atoms with Crippen molar-refractivity contribution in [3.05, 3.63) is 40.9 Å². The molecule has 2 N–H and O–H groups in total. The topological polar surface area (TPSA) is 92.8 Å². The van der Waals surface area contributed by atoms with Crippen molar-refractivity contribution in [2.24, 2.45) is 5.92 Å². The third-order valence-corrected chi connectivity index (χ3v) is 6.06. The van der Waals surface area contributed by atoms with Crippen LogP contribution in [0.4, 0.5) is 5.13 Å². The lowest BCUT2D eigenvalue weighted by Gasteiger charge is -2.34. The van der Waals surface area contributed by atoms with Crippen molar-refractivity contribution >= 4 is 28.3 Å². The minimum atomic E-state index is -0.683. The van der Waals surface area contributed by atoms with Gasteiger partial charge in [0.2, 0.25) is 5.91 Å². The molecule has 8 nitrogen and oxygen atoms in total. The lowest BCUT2D eigenvalue weighted by atomic mass is 10.0. The SMILES string of the molecule is COc1ccc(C(=O)N[C@H](C(=O)Nc2nc(CN3C[C@@H](C)O[C@@H](C)C3)cs2)C(C)C)cc1. The van der Waals surface area contributed by atoms with Crippen molar-refractivity contribution in [2.75, 3.05) is 25.5 Å². The smallest absolute Gasteiger partial charge is 0.251 e. The van der Waals surface area contributed by atoms with Crippen LogP contribution in [0.3, 0.4) is 0 Å². The third-order valence-electron chi connectivity index (χ3n) is 5.25. The van der Waals surface area contributed by atoms with Crippen molar-refractivity contribution < 1.29 is 19.1 Å². The summed E-state index contributed by atoms with van der Waals surface area (Å²) in [4.78, 5) is 32.4. The third kappa shape index (κ3) is 6.51. The van der Waals surface area contributed by atoms with E-state index in [0.29, 0.717) is 23.0 Å². The summed E-state index contributed by atoms with van der Waals surface area (Å²) in [5.41, 5.74) is 1.38. The van der Waals surface area contributed by atoms with Crippen molar-refractivity contribution in [2.45, 2.75) is 52.5 Å². The van der Waals surface area contributed by atoms with Crippen LogP contribution in [0.1, 0.15) is 43.7 Å². The molecule has 2 amide bonds. The Balaban J connectivity index is 1.59. The number of carbonyl (C=O) groups excluding carboxylic acids is 2. The number of thiazole rings is 1. The predicted octanol–water partition coefficient (Wildman–Crippen LogP) is 3.15. The monoisotopic (exact) mass is 460 g/mol. The molecule has 32 heavy (non-hydrogen) atoms. The first-order valence-electron chi connectivity index (χ1n) is 10.8. The van der Waals surface area contributed by atoms with Gasteiger partial charge in [-0.05, 0) is 44.0 Å². The van der Waals surface area contributed by atoms with Gasteiger partial charge in [0.1, 0.15) is 11.8 Å². The summed E-state index contributed by atoms with van der Waals surface area (Å²) >= 11 is 1.39. The van der Waals surface area contributed by atoms with Gasteiger partial charge < -0.3 is 20.1 Å². The van der Waals surface area contributed by atoms with E-state index in [4.69, 9.17) is 9.47 Å². The number of methoxy groups -OCH3 is 1. The fraction of sp³-hybridized carbons (Fsp3) is 0.522. The molecular formula is C23H32N4O4S. The van der Waals surface area contributed by atoms with E-state index in [1.165, 1.54) is 11.3 Å². The first-order chi connectivity index (χ1) is 15.2. The minimum Gasteiger partial charge on any atom is -0.497 e. The normalized spacial score (nSPS) is 20.1. The fourth-order valence-electron chi connectivity index (χ4n) is 3.76. The van der Waals surface area contributed by atoms with Gasteiger partial charge in [-0.2, -0.15) is 0 Å². The number of amides is 2. The van der Waals surface area contributed by atoms with Gasteiger partial charge in [0.25, 0.3) is 5.91 Å². The quantitative estimate of drug-likeness (QED) is 0.629. The Morgan fingerprint density at radius 3 is 2.47 bits per heavy atom. The van der Waals surface area contributed by atoms with Gasteiger partial charge in [-0.25, -0.2) is 4.98 Å². The number of carbonyl (C=O) groups is 2. The fourth-order valence-corrected chi connectivity index (χ4v) is 4.47. The molecule has 1 saturated heterocycles. The Kier molecular flexibility index (Phi) is 8.22. The van der Waals surface area contributed by atoms with Crippen LogP contribution in [0.15, 0.2) is 29.6 Å². The van der Waals surface area contributed by atoms with Gasteiger partial charge in [-0.3, -0.25) is 14.5 Å². The van der Waals surface area contributed by atoms with E-state index in [2.05, 4.69) is 34.4 Å². The molecular weight excluding hydrogens is 428 g/mol. The molecule has 1 fully saturated rings. The van der Waals surface area contributed by atoms with Crippen LogP contribution < -0.4 is 15.4 Å². The number of benzene rings is 1. The second-order valence-electron chi connectivity index (χ2n) is 8.51. The van der Waals surface area contributed by atoms with Gasteiger partial charge in [-0.15, -0.1) is 11.3 Å². The van der Waals surface area contributed by atoms with Crippen molar-refractivity contribution in [1.82, 2.24) is 15.2 Å². The molecule has 9 heteroatoms. The lowest BCUT2D eigenvalue weighted by Crippen LogP contribution is -2.47. The van der Waals surface area contributed by atoms with Crippen LogP contribution in [0.25, 0.3) is 0 Å². The number of morpholine rings is 1. The molecule has 3 rings (SSSR count). The molecule has 0 radical (unpaired) electrons. The average Bonchev–Trinajstić information content (AvgIpc) is 3.17. The van der Waals surface area contributed by atoms with E-state index >= 15 is 0 Å². The summed E-state index contributed by atoms with van der Waals surface area (Å²) in [7, 11) is 1.57. The van der Waals surface area contributed by atoms with Gasteiger partial charge in [0, 0.05) is 30.6 Å². The highest BCUT2D eigenvalue weighted by Gasteiger charge is 2.26. The molecule has 0 unspecified atom stereocenters. The first kappa shape index (κ1) is 24.2. The molecule has 2 aromatic rings. The highest BCUT2D eigenvalue weighted by atomic mass is 32.1. The van der Waals surface area contributed by atoms with Gasteiger partial charge >= 0.3 is 0 Å². The van der Waals surface area contributed by atoms with E-state index in [-0.39, 0.29) is 29.9 Å². The highest BCUT2D eigenvalue weighted by Crippen LogP contribution is 2.20. The molecule has 1 aliphatic rings. The van der Waals surface area contributed by atoms with Crippen LogP contribution in [0.5, 0.6) is 5.75 Å². The number of nitrogens with one attached hydrogen (secondary N) is 2. The van der Waals surface area contributed by atoms with E-state index < -0.39 is 6.04 Å². The molecule has 1 aliphatic heterocycles. The number of anilines is 1. The summed E-state index contributed by atoms with van der Waals surface area (Å²) in [5.74, 6) is -0.0125. The summed E-state index contributed by atoms with van der Waals surface area (Å²) in [6, 6.07) is 6.09. The van der Waals surface area contributed by atoms with E-state index in [0.717, 1.165) is 18.8 Å². The number of nitrogens with zero attached hydrogens (tertiary/aromatic N) is 2. The second kappa shape index (κ2) is 10.9. The zero-order valence-corrected chi connectivity index (χ0v) is 20.1. The van der Waals surface area contributed by atoms with Crippen molar-refractivity contribution in [3.8, 4) is 5.75 Å². The second-order valence-corrected chi connectivity index (χ2v) is 9.37. The van der Waals surface area contributed by atoms with Crippen LogP contribution in [0.2, 0.25) is 0 Å². The molecule has 1 aromatic heterocycles. The Morgan fingerprint density at radius 2 is 1.88 bits per heavy atom. The number of aromatic nitrogens is 1. The van der Waals surface area contributed by atoms with Crippen LogP contribution in [-0.2, 0) is 16.1 Å². The van der Waals surface area contributed by atoms with Gasteiger partial charge in [-0.1, -0.05) is 13.8 Å². The summed E-state index contributed by atoms with van der Waals surface area (Å²) in [5, 5.41) is 8.19. The van der Waals surface area contributed by atoms with Gasteiger partial charge in [0.15, 0.2) is 5.13 Å². The zero-order valence-electron chi connectivity index (χ0n) is 19.3. The number of hydrogen-bond donors (Lipinski definition) is 2. The molecule has 0 aliphatic carbocycles. The Hall–Kier alpha value is -2.49. The Bertz CT molecular complexity index is 905. The van der Waals surface area contributed by atoms with Crippen LogP contribution >= 0.6 is 11.3 Å². The Morgan fingerprint density at radius 1 is 1.22 bits per heavy atom. The minimum absolute atomic E-state index is 0.0899. The molecule has 3 atom stereocenters. The highest BCUT2D eigenvalue weighted by molar-refractivity contribution is 7.13. The maximum Gasteiger partial charge on any atom is 0.251 e. The van der Waals surface area contributed by atoms with Gasteiger partial charge in [0.05, 0.1) is 25.0 Å². The number of rotatable bonds is 8. The molecule has 0 saturated carbocycles. The lowest BCUT2D eigenvalue weighted by molar-refractivity contribution is -0.118.